The van der Waals surface area contributed by atoms with Crippen molar-refractivity contribution < 1.29 is 24.6 Å². The molecule has 0 unspecified atom stereocenters. The number of carboxylic acid groups (broad SMARTS) is 1. The second-order valence-electron chi connectivity index (χ2n) is 5.99. The molecule has 0 aliphatic heterocycles. The highest BCUT2D eigenvalue weighted by Crippen LogP contribution is 2.41. The second kappa shape index (κ2) is 7.24. The summed E-state index contributed by atoms with van der Waals surface area (Å²) in [5.41, 5.74) is -0.582. The van der Waals surface area contributed by atoms with Crippen molar-refractivity contribution in [3.63, 3.8) is 0 Å². The van der Waals surface area contributed by atoms with Crippen molar-refractivity contribution in [2.75, 3.05) is 6.61 Å². The van der Waals surface area contributed by atoms with Gasteiger partial charge in [-0.25, -0.2) is 0 Å². The number of ketones is 1. The highest BCUT2D eigenvalue weighted by Gasteiger charge is 2.48. The molecule has 2 N–H and O–H groups in total. The fourth-order valence-electron chi connectivity index (χ4n) is 2.64. The molecular formula is C16H23NO5. The third kappa shape index (κ3) is 3.75. The van der Waals surface area contributed by atoms with E-state index in [0.717, 1.165) is 0 Å². The highest BCUT2D eigenvalue weighted by atomic mass is 16.6. The van der Waals surface area contributed by atoms with Crippen molar-refractivity contribution in [3.8, 4) is 0 Å². The SMILES string of the molecule is C=CCON=C(CCC)C1=C(O)CC(C)(C)[C@@H](C(=O)O)C1=O. The molecule has 0 aromatic heterocycles. The van der Waals surface area contributed by atoms with E-state index in [4.69, 9.17) is 4.84 Å². The Balaban J connectivity index is 3.28. The smallest absolute Gasteiger partial charge is 0.314 e. The van der Waals surface area contributed by atoms with E-state index in [1.807, 2.05) is 6.92 Å². The van der Waals surface area contributed by atoms with Gasteiger partial charge in [0.05, 0.1) is 11.3 Å². The molecule has 0 radical (unpaired) electrons. The van der Waals surface area contributed by atoms with Crippen molar-refractivity contribution in [3.05, 3.63) is 24.0 Å². The quantitative estimate of drug-likeness (QED) is 0.248. The van der Waals surface area contributed by atoms with Gasteiger partial charge in [0.1, 0.15) is 18.3 Å². The number of carbonyl (C=O) groups excluding carboxylic acids is 1. The lowest BCUT2D eigenvalue weighted by atomic mass is 9.67. The predicted octanol–water partition coefficient (Wildman–Crippen LogP) is 2.86. The van der Waals surface area contributed by atoms with Crippen LogP contribution in [0.15, 0.2) is 29.1 Å². The first-order valence-electron chi connectivity index (χ1n) is 7.25. The molecule has 0 spiro atoms. The highest BCUT2D eigenvalue weighted by molar-refractivity contribution is 6.27. The van der Waals surface area contributed by atoms with E-state index in [0.29, 0.717) is 12.8 Å². The normalized spacial score (nSPS) is 21.7. The molecule has 0 amide bonds. The Morgan fingerprint density at radius 3 is 2.68 bits per heavy atom. The summed E-state index contributed by atoms with van der Waals surface area (Å²) in [4.78, 5) is 29.1. The fraction of sp³-hybridized carbons (Fsp3) is 0.562. The first kappa shape index (κ1) is 17.9. The summed E-state index contributed by atoms with van der Waals surface area (Å²) in [6.45, 7) is 8.87. The van der Waals surface area contributed by atoms with Crippen LogP contribution in [0.2, 0.25) is 0 Å². The zero-order valence-electron chi connectivity index (χ0n) is 13.3. The molecule has 6 heteroatoms. The van der Waals surface area contributed by atoms with Crippen LogP contribution < -0.4 is 0 Å². The minimum Gasteiger partial charge on any atom is -0.511 e. The summed E-state index contributed by atoms with van der Waals surface area (Å²) in [5, 5.41) is 23.5. The molecule has 0 fully saturated rings. The van der Waals surface area contributed by atoms with Gasteiger partial charge in [0, 0.05) is 6.42 Å². The van der Waals surface area contributed by atoms with Gasteiger partial charge in [0.25, 0.3) is 0 Å². The number of carboxylic acids is 1. The molecule has 1 atom stereocenters. The van der Waals surface area contributed by atoms with Crippen molar-refractivity contribution >= 4 is 17.5 Å². The molecule has 0 bridgehead atoms. The summed E-state index contributed by atoms with van der Waals surface area (Å²) in [6, 6.07) is 0. The molecule has 1 aliphatic carbocycles. The van der Waals surface area contributed by atoms with Crippen LogP contribution in [-0.4, -0.2) is 34.3 Å². The summed E-state index contributed by atoms with van der Waals surface area (Å²) in [7, 11) is 0. The maximum atomic E-state index is 12.6. The second-order valence-corrected chi connectivity index (χ2v) is 5.99. The summed E-state index contributed by atoms with van der Waals surface area (Å²) in [6.07, 6.45) is 2.71. The van der Waals surface area contributed by atoms with E-state index in [-0.39, 0.29) is 30.1 Å². The zero-order valence-corrected chi connectivity index (χ0v) is 13.3. The third-order valence-electron chi connectivity index (χ3n) is 3.59. The number of aliphatic hydroxyl groups is 1. The van der Waals surface area contributed by atoms with E-state index >= 15 is 0 Å². The van der Waals surface area contributed by atoms with Crippen LogP contribution in [0.1, 0.15) is 40.0 Å². The Labute approximate surface area is 130 Å². The minimum absolute atomic E-state index is 0.0161. The lowest BCUT2D eigenvalue weighted by Crippen LogP contribution is -2.43. The van der Waals surface area contributed by atoms with E-state index in [1.165, 1.54) is 6.08 Å². The molecule has 22 heavy (non-hydrogen) atoms. The van der Waals surface area contributed by atoms with Gasteiger partial charge in [-0.05, 0) is 11.8 Å². The molecular weight excluding hydrogens is 286 g/mol. The van der Waals surface area contributed by atoms with Crippen molar-refractivity contribution in [1.82, 2.24) is 0 Å². The maximum Gasteiger partial charge on any atom is 0.314 e. The Hall–Kier alpha value is -2.11. The van der Waals surface area contributed by atoms with Crippen LogP contribution in [0.3, 0.4) is 0 Å². The van der Waals surface area contributed by atoms with Crippen molar-refractivity contribution in [2.45, 2.75) is 40.0 Å². The van der Waals surface area contributed by atoms with Gasteiger partial charge in [-0.3, -0.25) is 9.59 Å². The molecule has 0 heterocycles. The molecule has 6 nitrogen and oxygen atoms in total. The monoisotopic (exact) mass is 309 g/mol. The number of hydrogen-bond donors (Lipinski definition) is 2. The third-order valence-corrected chi connectivity index (χ3v) is 3.59. The number of hydrogen-bond acceptors (Lipinski definition) is 5. The molecule has 0 aromatic rings. The molecule has 1 aliphatic rings. The molecule has 122 valence electrons. The van der Waals surface area contributed by atoms with Gasteiger partial charge in [0.2, 0.25) is 0 Å². The first-order valence-corrected chi connectivity index (χ1v) is 7.25. The minimum atomic E-state index is -1.21. The predicted molar refractivity (Wildman–Crippen MR) is 82.7 cm³/mol. The van der Waals surface area contributed by atoms with Crippen molar-refractivity contribution in [1.29, 1.82) is 0 Å². The number of allylic oxidation sites excluding steroid dienone is 2. The Morgan fingerprint density at radius 1 is 1.55 bits per heavy atom. The van der Waals surface area contributed by atoms with Gasteiger partial charge in [-0.15, -0.1) is 0 Å². The summed E-state index contributed by atoms with van der Waals surface area (Å²) >= 11 is 0. The zero-order chi connectivity index (χ0) is 16.9. The van der Waals surface area contributed by atoms with E-state index in [2.05, 4.69) is 11.7 Å². The van der Waals surface area contributed by atoms with Gasteiger partial charge in [-0.2, -0.15) is 0 Å². The lowest BCUT2D eigenvalue weighted by Gasteiger charge is -2.35. The maximum absolute atomic E-state index is 12.6. The Bertz CT molecular complexity index is 531. The van der Waals surface area contributed by atoms with Crippen LogP contribution in [-0.2, 0) is 14.4 Å². The molecule has 0 saturated carbocycles. The van der Waals surface area contributed by atoms with Crippen LogP contribution >= 0.6 is 0 Å². The number of aliphatic hydroxyl groups excluding tert-OH is 1. The topological polar surface area (TPSA) is 96.2 Å². The van der Waals surface area contributed by atoms with Crippen LogP contribution in [0.5, 0.6) is 0 Å². The van der Waals surface area contributed by atoms with E-state index in [9.17, 15) is 19.8 Å². The van der Waals surface area contributed by atoms with Gasteiger partial charge < -0.3 is 15.1 Å². The fourth-order valence-corrected chi connectivity index (χ4v) is 2.64. The van der Waals surface area contributed by atoms with Gasteiger partial charge in [0.15, 0.2) is 5.78 Å². The number of oxime groups is 1. The summed E-state index contributed by atoms with van der Waals surface area (Å²) in [5.74, 6) is -3.14. The standard InChI is InChI=1S/C16H23NO5/c1-5-7-10(17-22-8-6-2)12-11(18)9-16(3,4)13(14(12)19)15(20)21/h6,13,18H,2,5,7-9H2,1,3-4H3,(H,20,21)/t13-/m1/s1. The van der Waals surface area contributed by atoms with Crippen LogP contribution in [0.4, 0.5) is 0 Å². The molecule has 0 aromatic carbocycles. The van der Waals surface area contributed by atoms with Gasteiger partial charge in [-0.1, -0.05) is 45.0 Å². The average Bonchev–Trinajstić information content (AvgIpc) is 2.36. The van der Waals surface area contributed by atoms with E-state index in [1.54, 1.807) is 13.8 Å². The number of Topliss-reactive ketones (excluding diaryl/α,β-unsaturated/α-hetero) is 1. The molecule has 0 saturated heterocycles. The Morgan fingerprint density at radius 2 is 2.18 bits per heavy atom. The van der Waals surface area contributed by atoms with Crippen molar-refractivity contribution in [2.24, 2.45) is 16.5 Å². The van der Waals surface area contributed by atoms with E-state index < -0.39 is 23.1 Å². The average molecular weight is 309 g/mol. The number of rotatable bonds is 7. The number of nitrogens with zero attached hydrogens (tertiary/aromatic N) is 1. The molecule has 1 rings (SSSR count). The number of aliphatic carboxylic acids is 1. The van der Waals surface area contributed by atoms with Crippen LogP contribution in [0.25, 0.3) is 0 Å². The summed E-state index contributed by atoms with van der Waals surface area (Å²) < 4.78 is 0. The first-order chi connectivity index (χ1) is 10.3. The lowest BCUT2D eigenvalue weighted by molar-refractivity contribution is -0.150. The van der Waals surface area contributed by atoms with Gasteiger partial charge >= 0.3 is 5.97 Å². The van der Waals surface area contributed by atoms with Crippen LogP contribution in [0, 0.1) is 11.3 Å². The number of carbonyl (C=O) groups is 2. The Kier molecular flexibility index (Phi) is 5.91. The largest absolute Gasteiger partial charge is 0.511 e.